The Morgan fingerprint density at radius 1 is 1.11 bits per heavy atom. The van der Waals surface area contributed by atoms with Gasteiger partial charge in [-0.2, -0.15) is 0 Å². The Bertz CT molecular complexity index is 559. The summed E-state index contributed by atoms with van der Waals surface area (Å²) < 4.78 is 5.67. The SMILES string of the molecule is C=Cc1ccccc1COc1cccc(C=O)c1. The molecule has 2 heteroatoms. The summed E-state index contributed by atoms with van der Waals surface area (Å²) in [6.07, 6.45) is 2.62. The third-order valence-electron chi connectivity index (χ3n) is 2.66. The fraction of sp³-hybridized carbons (Fsp3) is 0.0625. The first-order valence-electron chi connectivity index (χ1n) is 5.72. The zero-order valence-corrected chi connectivity index (χ0v) is 10.0. The van der Waals surface area contributed by atoms with E-state index in [1.807, 2.05) is 30.3 Å². The number of hydrogen-bond acceptors (Lipinski definition) is 2. The van der Waals surface area contributed by atoms with E-state index in [4.69, 9.17) is 4.74 Å². The molecule has 0 aromatic heterocycles. The van der Waals surface area contributed by atoms with Crippen LogP contribution in [0.15, 0.2) is 55.1 Å². The van der Waals surface area contributed by atoms with Gasteiger partial charge in [0, 0.05) is 5.56 Å². The van der Waals surface area contributed by atoms with Gasteiger partial charge in [-0.15, -0.1) is 0 Å². The van der Waals surface area contributed by atoms with Gasteiger partial charge in [-0.3, -0.25) is 4.79 Å². The van der Waals surface area contributed by atoms with Crippen molar-refractivity contribution in [3.63, 3.8) is 0 Å². The van der Waals surface area contributed by atoms with Crippen molar-refractivity contribution in [2.24, 2.45) is 0 Å². The van der Waals surface area contributed by atoms with E-state index in [-0.39, 0.29) is 0 Å². The summed E-state index contributed by atoms with van der Waals surface area (Å²) in [6.45, 7) is 4.23. The van der Waals surface area contributed by atoms with Gasteiger partial charge >= 0.3 is 0 Å². The molecule has 0 saturated heterocycles. The summed E-state index contributed by atoms with van der Waals surface area (Å²) in [6, 6.07) is 15.0. The summed E-state index contributed by atoms with van der Waals surface area (Å²) >= 11 is 0. The molecule has 0 atom stereocenters. The van der Waals surface area contributed by atoms with Crippen molar-refractivity contribution in [1.29, 1.82) is 0 Å². The third kappa shape index (κ3) is 2.86. The average molecular weight is 238 g/mol. The van der Waals surface area contributed by atoms with Crippen LogP contribution in [0.25, 0.3) is 6.08 Å². The molecule has 0 radical (unpaired) electrons. The van der Waals surface area contributed by atoms with Crippen molar-refractivity contribution in [2.75, 3.05) is 0 Å². The van der Waals surface area contributed by atoms with Crippen LogP contribution in [0.3, 0.4) is 0 Å². The zero-order chi connectivity index (χ0) is 12.8. The van der Waals surface area contributed by atoms with E-state index in [0.717, 1.165) is 17.4 Å². The van der Waals surface area contributed by atoms with Gasteiger partial charge in [-0.25, -0.2) is 0 Å². The van der Waals surface area contributed by atoms with Gasteiger partial charge < -0.3 is 4.74 Å². The van der Waals surface area contributed by atoms with Gasteiger partial charge in [0.1, 0.15) is 18.6 Å². The molecule has 0 saturated carbocycles. The van der Waals surface area contributed by atoms with Gasteiger partial charge in [0.15, 0.2) is 0 Å². The first-order chi connectivity index (χ1) is 8.83. The number of hydrogen-bond donors (Lipinski definition) is 0. The summed E-state index contributed by atoms with van der Waals surface area (Å²) in [4.78, 5) is 10.7. The van der Waals surface area contributed by atoms with Crippen LogP contribution in [-0.2, 0) is 6.61 Å². The molecule has 2 aromatic rings. The molecule has 0 aliphatic carbocycles. The molecular weight excluding hydrogens is 224 g/mol. The van der Waals surface area contributed by atoms with Gasteiger partial charge in [-0.1, -0.05) is 49.1 Å². The molecule has 18 heavy (non-hydrogen) atoms. The Hall–Kier alpha value is -2.35. The Morgan fingerprint density at radius 2 is 1.94 bits per heavy atom. The largest absolute Gasteiger partial charge is 0.489 e. The van der Waals surface area contributed by atoms with Crippen LogP contribution < -0.4 is 4.74 Å². The summed E-state index contributed by atoms with van der Waals surface area (Å²) in [5.41, 5.74) is 2.75. The van der Waals surface area contributed by atoms with Gasteiger partial charge in [0.05, 0.1) is 0 Å². The number of aldehydes is 1. The maximum atomic E-state index is 10.7. The second-order valence-corrected chi connectivity index (χ2v) is 3.88. The Labute approximate surface area is 107 Å². The molecule has 0 bridgehead atoms. The first-order valence-corrected chi connectivity index (χ1v) is 5.72. The van der Waals surface area contributed by atoms with E-state index in [1.165, 1.54) is 0 Å². The number of rotatable bonds is 5. The van der Waals surface area contributed by atoms with Gasteiger partial charge in [0.25, 0.3) is 0 Å². The molecule has 0 aliphatic heterocycles. The standard InChI is InChI=1S/C16H14O2/c1-2-14-7-3-4-8-15(14)12-18-16-9-5-6-13(10-16)11-17/h2-11H,1,12H2. The molecule has 0 N–H and O–H groups in total. The third-order valence-corrected chi connectivity index (χ3v) is 2.66. The lowest BCUT2D eigenvalue weighted by molar-refractivity contribution is 0.112. The van der Waals surface area contributed by atoms with Crippen molar-refractivity contribution in [1.82, 2.24) is 0 Å². The van der Waals surface area contributed by atoms with Crippen LogP contribution in [-0.4, -0.2) is 6.29 Å². The van der Waals surface area contributed by atoms with E-state index in [9.17, 15) is 4.79 Å². The van der Waals surface area contributed by atoms with Crippen LogP contribution in [0.2, 0.25) is 0 Å². The minimum atomic E-state index is 0.463. The topological polar surface area (TPSA) is 26.3 Å². The quantitative estimate of drug-likeness (QED) is 0.742. The maximum absolute atomic E-state index is 10.7. The second kappa shape index (κ2) is 5.82. The highest BCUT2D eigenvalue weighted by Gasteiger charge is 2.00. The van der Waals surface area contributed by atoms with E-state index in [0.29, 0.717) is 17.9 Å². The highest BCUT2D eigenvalue weighted by Crippen LogP contribution is 2.16. The maximum Gasteiger partial charge on any atom is 0.150 e. The zero-order valence-electron chi connectivity index (χ0n) is 10.0. The van der Waals surface area contributed by atoms with Crippen LogP contribution in [0, 0.1) is 0 Å². The van der Waals surface area contributed by atoms with E-state index in [1.54, 1.807) is 24.3 Å². The molecule has 0 aliphatic rings. The molecule has 0 amide bonds. The monoisotopic (exact) mass is 238 g/mol. The smallest absolute Gasteiger partial charge is 0.150 e. The van der Waals surface area contributed by atoms with E-state index >= 15 is 0 Å². The van der Waals surface area contributed by atoms with Crippen molar-refractivity contribution in [3.05, 3.63) is 71.8 Å². The van der Waals surface area contributed by atoms with E-state index < -0.39 is 0 Å². The van der Waals surface area contributed by atoms with Crippen LogP contribution in [0.5, 0.6) is 5.75 Å². The lowest BCUT2D eigenvalue weighted by Gasteiger charge is -2.09. The molecule has 2 nitrogen and oxygen atoms in total. The van der Waals surface area contributed by atoms with E-state index in [2.05, 4.69) is 6.58 Å². The molecular formula is C16H14O2. The predicted molar refractivity (Wildman–Crippen MR) is 72.7 cm³/mol. The van der Waals surface area contributed by atoms with Gasteiger partial charge in [0.2, 0.25) is 0 Å². The number of carbonyl (C=O) groups excluding carboxylic acids is 1. The minimum Gasteiger partial charge on any atom is -0.489 e. The Morgan fingerprint density at radius 3 is 2.72 bits per heavy atom. The van der Waals surface area contributed by atoms with Crippen molar-refractivity contribution in [2.45, 2.75) is 6.61 Å². The molecule has 2 rings (SSSR count). The fourth-order valence-electron chi connectivity index (χ4n) is 1.70. The van der Waals surface area contributed by atoms with Crippen LogP contribution >= 0.6 is 0 Å². The number of benzene rings is 2. The molecule has 0 spiro atoms. The molecule has 0 fully saturated rings. The normalized spacial score (nSPS) is 9.78. The predicted octanol–water partition coefficient (Wildman–Crippen LogP) is 3.72. The highest BCUT2D eigenvalue weighted by atomic mass is 16.5. The fourth-order valence-corrected chi connectivity index (χ4v) is 1.70. The Balaban J connectivity index is 2.11. The highest BCUT2D eigenvalue weighted by molar-refractivity contribution is 5.75. The van der Waals surface area contributed by atoms with Crippen molar-refractivity contribution >= 4 is 12.4 Å². The summed E-state index contributed by atoms with van der Waals surface area (Å²) in [5, 5.41) is 0. The molecule has 2 aromatic carbocycles. The molecule has 0 unspecified atom stereocenters. The van der Waals surface area contributed by atoms with Crippen molar-refractivity contribution < 1.29 is 9.53 Å². The summed E-state index contributed by atoms with van der Waals surface area (Å²) in [5.74, 6) is 0.693. The second-order valence-electron chi connectivity index (χ2n) is 3.88. The molecule has 0 heterocycles. The average Bonchev–Trinajstić information content (AvgIpc) is 2.45. The number of carbonyl (C=O) groups is 1. The van der Waals surface area contributed by atoms with Crippen molar-refractivity contribution in [3.8, 4) is 5.75 Å². The summed E-state index contributed by atoms with van der Waals surface area (Å²) in [7, 11) is 0. The lowest BCUT2D eigenvalue weighted by atomic mass is 10.1. The van der Waals surface area contributed by atoms with Gasteiger partial charge in [-0.05, 0) is 23.3 Å². The Kier molecular flexibility index (Phi) is 3.92. The molecule has 90 valence electrons. The van der Waals surface area contributed by atoms with Crippen LogP contribution in [0.1, 0.15) is 21.5 Å². The number of ether oxygens (including phenoxy) is 1. The first kappa shape index (κ1) is 12.1. The van der Waals surface area contributed by atoms with Crippen LogP contribution in [0.4, 0.5) is 0 Å². The minimum absolute atomic E-state index is 0.463. The lowest BCUT2D eigenvalue weighted by Crippen LogP contribution is -1.98.